The number of benzene rings is 2. The van der Waals surface area contributed by atoms with Gasteiger partial charge in [0.25, 0.3) is 0 Å². The van der Waals surface area contributed by atoms with Gasteiger partial charge < -0.3 is 22.9 Å². The molecule has 0 heterocycles. The minimum Gasteiger partial charge on any atom is -0.398 e. The van der Waals surface area contributed by atoms with E-state index in [2.05, 4.69) is 11.7 Å². The third kappa shape index (κ3) is 6.69. The van der Waals surface area contributed by atoms with Gasteiger partial charge in [-0.2, -0.15) is 0 Å². The second-order valence-corrected chi connectivity index (χ2v) is 15.8. The summed E-state index contributed by atoms with van der Waals surface area (Å²) < 4.78 is 0. The van der Waals surface area contributed by atoms with Gasteiger partial charge in [0, 0.05) is 42.3 Å². The molecule has 0 amide bonds. The molecule has 26 heavy (non-hydrogen) atoms. The lowest BCUT2D eigenvalue weighted by molar-refractivity contribution is 1.35. The Bertz CT molecular complexity index is 759. The molecule has 0 bridgehead atoms. The fourth-order valence-electron chi connectivity index (χ4n) is 1.68. The van der Waals surface area contributed by atoms with Crippen LogP contribution in [0.3, 0.4) is 0 Å². The van der Waals surface area contributed by atoms with Crippen LogP contribution >= 0.6 is 95.1 Å². The van der Waals surface area contributed by atoms with Gasteiger partial charge in [0.1, 0.15) is 0 Å². The molecule has 0 aliphatic heterocycles. The average molecular weight is 517 g/mol. The molecule has 0 aliphatic rings. The van der Waals surface area contributed by atoms with Crippen LogP contribution in [-0.4, -0.2) is 6.26 Å². The van der Waals surface area contributed by atoms with E-state index in [1.807, 2.05) is 24.5 Å². The van der Waals surface area contributed by atoms with Crippen LogP contribution in [0.5, 0.6) is 0 Å². The Balaban J connectivity index is 2.06. The largest absolute Gasteiger partial charge is 0.398 e. The first-order valence-electron chi connectivity index (χ1n) is 6.70. The van der Waals surface area contributed by atoms with Crippen molar-refractivity contribution in [3.05, 3.63) is 24.3 Å². The zero-order chi connectivity index (χ0) is 19.1. The molecule has 0 saturated carbocycles. The third-order valence-corrected chi connectivity index (χ3v) is 12.5. The molecule has 0 spiro atoms. The van der Waals surface area contributed by atoms with Gasteiger partial charge in [-0.25, -0.2) is 0 Å². The molecule has 0 fully saturated rings. The summed E-state index contributed by atoms with van der Waals surface area (Å²) in [7, 11) is 12.6. The highest BCUT2D eigenvalue weighted by atomic mass is 33.5. The Morgan fingerprint density at radius 3 is 1.38 bits per heavy atom. The molecule has 0 aromatic heterocycles. The van der Waals surface area contributed by atoms with Crippen LogP contribution in [0.2, 0.25) is 0 Å². The van der Waals surface area contributed by atoms with Crippen molar-refractivity contribution in [2.24, 2.45) is 0 Å². The summed E-state index contributed by atoms with van der Waals surface area (Å²) in [6.07, 6.45) is 2.03. The highest BCUT2D eigenvalue weighted by molar-refractivity contribution is 9.09. The van der Waals surface area contributed by atoms with Crippen molar-refractivity contribution in [3.8, 4) is 0 Å². The molecule has 142 valence electrons. The van der Waals surface area contributed by atoms with Crippen LogP contribution in [0, 0.1) is 0 Å². The van der Waals surface area contributed by atoms with Crippen LogP contribution < -0.4 is 22.9 Å². The predicted octanol–water partition coefficient (Wildman–Crippen LogP) is 7.07. The second-order valence-electron chi connectivity index (χ2n) is 4.57. The summed E-state index contributed by atoms with van der Waals surface area (Å²) in [5, 5.41) is 0. The number of hydrogen-bond donors (Lipinski definition) is 5. The molecule has 0 saturated heterocycles. The number of anilines is 4. The third-order valence-electron chi connectivity index (χ3n) is 2.85. The molecule has 0 radical (unpaired) electrons. The van der Waals surface area contributed by atoms with E-state index in [9.17, 15) is 0 Å². The topological polar surface area (TPSA) is 104 Å². The van der Waals surface area contributed by atoms with Crippen LogP contribution in [0.25, 0.3) is 0 Å². The summed E-state index contributed by atoms with van der Waals surface area (Å²) in [6.45, 7) is 0. The SMILES string of the molecule is CSSSc1cc(SSSc2cc(SSS)c(N)cc2N)c(N)cc1N. The highest BCUT2D eigenvalue weighted by Crippen LogP contribution is 2.51. The summed E-state index contributed by atoms with van der Waals surface area (Å²) >= 11 is 4.16. The van der Waals surface area contributed by atoms with Crippen molar-refractivity contribution >= 4 is 118 Å². The smallest absolute Gasteiger partial charge is 0.0482 e. The first kappa shape index (κ1) is 23.1. The quantitative estimate of drug-likeness (QED) is 0.134. The van der Waals surface area contributed by atoms with Crippen LogP contribution in [0.4, 0.5) is 22.7 Å². The van der Waals surface area contributed by atoms with E-state index in [1.54, 1.807) is 68.9 Å². The summed E-state index contributed by atoms with van der Waals surface area (Å²) in [5.74, 6) is 0. The molecule has 8 N–H and O–H groups in total. The van der Waals surface area contributed by atoms with Crippen molar-refractivity contribution in [3.63, 3.8) is 0 Å². The predicted molar refractivity (Wildman–Crippen MR) is 139 cm³/mol. The number of nitrogen functional groups attached to an aromatic ring is 4. The Morgan fingerprint density at radius 1 is 0.615 bits per heavy atom. The first-order valence-corrected chi connectivity index (χ1v) is 17.3. The molecule has 4 nitrogen and oxygen atoms in total. The summed E-state index contributed by atoms with van der Waals surface area (Å²) in [4.78, 5) is 3.91. The van der Waals surface area contributed by atoms with E-state index in [1.165, 1.54) is 20.6 Å². The molecule has 2 aromatic carbocycles. The Labute approximate surface area is 189 Å². The van der Waals surface area contributed by atoms with Crippen LogP contribution in [0.15, 0.2) is 43.8 Å². The normalized spacial score (nSPS) is 11.0. The van der Waals surface area contributed by atoms with Crippen molar-refractivity contribution in [1.82, 2.24) is 0 Å². The lowest BCUT2D eigenvalue weighted by atomic mass is 10.3. The first-order chi connectivity index (χ1) is 12.5. The van der Waals surface area contributed by atoms with E-state index in [0.717, 1.165) is 19.6 Å². The monoisotopic (exact) mass is 516 g/mol. The molecular formula is C13H16N4S9. The maximum atomic E-state index is 6.11. The van der Waals surface area contributed by atoms with Gasteiger partial charge in [-0.1, -0.05) is 22.5 Å². The summed E-state index contributed by atoms with van der Waals surface area (Å²) in [5.41, 5.74) is 26.9. The molecule has 0 atom stereocenters. The van der Waals surface area contributed by atoms with E-state index >= 15 is 0 Å². The number of rotatable bonds is 9. The molecule has 0 unspecified atom stereocenters. The highest BCUT2D eigenvalue weighted by Gasteiger charge is 2.11. The van der Waals surface area contributed by atoms with Gasteiger partial charge in [-0.05, 0) is 103 Å². The van der Waals surface area contributed by atoms with Crippen molar-refractivity contribution < 1.29 is 0 Å². The summed E-state index contributed by atoms with van der Waals surface area (Å²) in [6, 6.07) is 7.61. The number of hydrogen-bond acceptors (Lipinski definition) is 13. The molecule has 2 aromatic rings. The minimum absolute atomic E-state index is 0.659. The van der Waals surface area contributed by atoms with Crippen molar-refractivity contribution in [2.75, 3.05) is 29.2 Å². The van der Waals surface area contributed by atoms with Crippen molar-refractivity contribution in [2.45, 2.75) is 19.6 Å². The maximum Gasteiger partial charge on any atom is 0.0482 e. The van der Waals surface area contributed by atoms with Gasteiger partial charge in [0.05, 0.1) is 0 Å². The minimum atomic E-state index is 0.659. The van der Waals surface area contributed by atoms with E-state index in [4.69, 9.17) is 22.9 Å². The second kappa shape index (κ2) is 11.7. The maximum absolute atomic E-state index is 6.11. The molecule has 13 heteroatoms. The molecule has 2 rings (SSSR count). The van der Waals surface area contributed by atoms with Gasteiger partial charge in [0.2, 0.25) is 0 Å². The fraction of sp³-hybridized carbons (Fsp3) is 0.0769. The standard InChI is InChI=1S/C13H16N4S9/c1-19-25-21-11-5-13(9(17)3-7(11)15)23-26-22-12-4-10(20-24-18)6(14)2-8(12)16/h2-5,18H,14-17H2,1H3. The Morgan fingerprint density at radius 2 is 1.00 bits per heavy atom. The Kier molecular flexibility index (Phi) is 10.4. The van der Waals surface area contributed by atoms with Crippen LogP contribution in [-0.2, 0) is 0 Å². The number of nitrogens with two attached hydrogens (primary N) is 4. The zero-order valence-electron chi connectivity index (χ0n) is 13.3. The zero-order valence-corrected chi connectivity index (χ0v) is 20.8. The lowest BCUT2D eigenvalue weighted by Gasteiger charge is -2.11. The lowest BCUT2D eigenvalue weighted by Crippen LogP contribution is -1.94. The van der Waals surface area contributed by atoms with Gasteiger partial charge in [-0.3, -0.25) is 0 Å². The molecular weight excluding hydrogens is 501 g/mol. The van der Waals surface area contributed by atoms with Gasteiger partial charge >= 0.3 is 0 Å². The van der Waals surface area contributed by atoms with Gasteiger partial charge in [-0.15, -0.1) is 0 Å². The van der Waals surface area contributed by atoms with E-state index in [-0.39, 0.29) is 0 Å². The van der Waals surface area contributed by atoms with E-state index in [0.29, 0.717) is 22.7 Å². The number of thiol groups is 1. The van der Waals surface area contributed by atoms with Crippen LogP contribution in [0.1, 0.15) is 0 Å². The average Bonchev–Trinajstić information content (AvgIpc) is 2.59. The van der Waals surface area contributed by atoms with E-state index < -0.39 is 0 Å². The van der Waals surface area contributed by atoms with Crippen molar-refractivity contribution in [1.29, 1.82) is 0 Å². The fourth-order valence-corrected chi connectivity index (χ4v) is 10.1. The molecule has 0 aliphatic carbocycles. The van der Waals surface area contributed by atoms with Gasteiger partial charge in [0.15, 0.2) is 0 Å². The Hall–Kier alpha value is 0.790.